The van der Waals surface area contributed by atoms with Crippen LogP contribution in [0.25, 0.3) is 0 Å². The summed E-state index contributed by atoms with van der Waals surface area (Å²) in [4.78, 5) is 1.97. The number of nitrogens with zero attached hydrogens (tertiary/aromatic N) is 2. The third kappa shape index (κ3) is 2.66. The molecule has 0 spiro atoms. The van der Waals surface area contributed by atoms with Crippen molar-refractivity contribution in [1.29, 1.82) is 5.26 Å². The molecule has 1 aromatic heterocycles. The summed E-state index contributed by atoms with van der Waals surface area (Å²) in [5.74, 6) is 1.75. The van der Waals surface area contributed by atoms with Gasteiger partial charge in [0.25, 0.3) is 0 Å². The fourth-order valence-electron chi connectivity index (χ4n) is 1.82. The number of furan rings is 1. The summed E-state index contributed by atoms with van der Waals surface area (Å²) in [7, 11) is 1.92. The van der Waals surface area contributed by atoms with Crippen LogP contribution in [0.3, 0.4) is 0 Å². The number of halogens is 1. The van der Waals surface area contributed by atoms with Crippen molar-refractivity contribution in [2.75, 3.05) is 11.9 Å². The monoisotopic (exact) mass is 260 g/mol. The van der Waals surface area contributed by atoms with Crippen molar-refractivity contribution < 1.29 is 4.42 Å². The quantitative estimate of drug-likeness (QED) is 0.844. The molecule has 0 saturated carbocycles. The minimum atomic E-state index is 0.563. The van der Waals surface area contributed by atoms with Crippen molar-refractivity contribution in [2.45, 2.75) is 13.5 Å². The lowest BCUT2D eigenvalue weighted by molar-refractivity contribution is 0.482. The van der Waals surface area contributed by atoms with Crippen LogP contribution < -0.4 is 4.90 Å². The van der Waals surface area contributed by atoms with Gasteiger partial charge in [0.1, 0.15) is 17.6 Å². The van der Waals surface area contributed by atoms with Crippen molar-refractivity contribution in [3.63, 3.8) is 0 Å². The van der Waals surface area contributed by atoms with Gasteiger partial charge in [0.05, 0.1) is 17.8 Å². The molecule has 2 rings (SSSR count). The zero-order chi connectivity index (χ0) is 13.1. The van der Waals surface area contributed by atoms with E-state index in [2.05, 4.69) is 6.07 Å². The molecule has 1 heterocycles. The first kappa shape index (κ1) is 12.5. The van der Waals surface area contributed by atoms with Crippen LogP contribution in [0.15, 0.2) is 34.7 Å². The molecule has 18 heavy (non-hydrogen) atoms. The van der Waals surface area contributed by atoms with Gasteiger partial charge >= 0.3 is 0 Å². The zero-order valence-corrected chi connectivity index (χ0v) is 11.0. The molecule has 0 radical (unpaired) electrons. The summed E-state index contributed by atoms with van der Waals surface area (Å²) < 4.78 is 5.52. The van der Waals surface area contributed by atoms with E-state index < -0.39 is 0 Å². The van der Waals surface area contributed by atoms with Gasteiger partial charge in [-0.15, -0.1) is 0 Å². The van der Waals surface area contributed by atoms with E-state index in [1.54, 1.807) is 12.1 Å². The first-order chi connectivity index (χ1) is 8.60. The largest absolute Gasteiger partial charge is 0.464 e. The lowest BCUT2D eigenvalue weighted by Gasteiger charge is -2.19. The summed E-state index contributed by atoms with van der Waals surface area (Å²) in [6, 6.07) is 11.3. The van der Waals surface area contributed by atoms with Crippen LogP contribution in [0.2, 0.25) is 5.02 Å². The van der Waals surface area contributed by atoms with Gasteiger partial charge < -0.3 is 9.32 Å². The Labute approximate surface area is 111 Å². The van der Waals surface area contributed by atoms with Crippen molar-refractivity contribution >= 4 is 17.3 Å². The number of anilines is 1. The lowest BCUT2D eigenvalue weighted by atomic mass is 10.2. The molecule has 1 aromatic carbocycles. The highest BCUT2D eigenvalue weighted by molar-refractivity contribution is 6.30. The number of hydrogen-bond donors (Lipinski definition) is 0. The maximum Gasteiger partial charge on any atom is 0.123 e. The molecule has 92 valence electrons. The summed E-state index contributed by atoms with van der Waals surface area (Å²) in [5, 5.41) is 9.67. The van der Waals surface area contributed by atoms with Crippen LogP contribution in [0, 0.1) is 18.3 Å². The van der Waals surface area contributed by atoms with Gasteiger partial charge in [-0.05, 0) is 37.3 Å². The Hall–Kier alpha value is -1.92. The van der Waals surface area contributed by atoms with E-state index in [1.165, 1.54) is 0 Å². The second-order valence-corrected chi connectivity index (χ2v) is 4.58. The Kier molecular flexibility index (Phi) is 3.59. The Bertz CT molecular complexity index is 598. The molecule has 2 aromatic rings. The second-order valence-electron chi connectivity index (χ2n) is 4.14. The fraction of sp³-hybridized carbons (Fsp3) is 0.214. The Balaban J connectivity index is 2.24. The first-order valence-electron chi connectivity index (χ1n) is 5.56. The van der Waals surface area contributed by atoms with E-state index in [0.29, 0.717) is 17.1 Å². The Morgan fingerprint density at radius 1 is 1.33 bits per heavy atom. The van der Waals surface area contributed by atoms with Crippen LogP contribution in [-0.2, 0) is 6.54 Å². The van der Waals surface area contributed by atoms with E-state index in [0.717, 1.165) is 17.2 Å². The van der Waals surface area contributed by atoms with E-state index in [-0.39, 0.29) is 0 Å². The summed E-state index contributed by atoms with van der Waals surface area (Å²) in [6.07, 6.45) is 0. The topological polar surface area (TPSA) is 40.2 Å². The third-order valence-electron chi connectivity index (χ3n) is 2.68. The maximum atomic E-state index is 9.10. The van der Waals surface area contributed by atoms with E-state index in [4.69, 9.17) is 21.3 Å². The van der Waals surface area contributed by atoms with E-state index in [1.807, 2.05) is 37.1 Å². The van der Waals surface area contributed by atoms with Crippen LogP contribution in [-0.4, -0.2) is 7.05 Å². The fourth-order valence-corrected chi connectivity index (χ4v) is 1.99. The highest BCUT2D eigenvalue weighted by Crippen LogP contribution is 2.24. The normalized spacial score (nSPS) is 10.1. The van der Waals surface area contributed by atoms with Gasteiger partial charge in [-0.25, -0.2) is 0 Å². The molecule has 0 bridgehead atoms. The summed E-state index contributed by atoms with van der Waals surface area (Å²) in [6.45, 7) is 2.52. The highest BCUT2D eigenvalue weighted by atomic mass is 35.5. The molecule has 0 amide bonds. The predicted molar refractivity (Wildman–Crippen MR) is 71.7 cm³/mol. The Morgan fingerprint density at radius 3 is 2.72 bits per heavy atom. The Morgan fingerprint density at radius 2 is 2.11 bits per heavy atom. The number of rotatable bonds is 3. The number of benzene rings is 1. The van der Waals surface area contributed by atoms with Gasteiger partial charge in [-0.1, -0.05) is 11.6 Å². The smallest absolute Gasteiger partial charge is 0.123 e. The highest BCUT2D eigenvalue weighted by Gasteiger charge is 2.10. The lowest BCUT2D eigenvalue weighted by Crippen LogP contribution is -2.17. The summed E-state index contributed by atoms with van der Waals surface area (Å²) >= 11 is 5.88. The van der Waals surface area contributed by atoms with Gasteiger partial charge in [-0.2, -0.15) is 5.26 Å². The minimum Gasteiger partial charge on any atom is -0.464 e. The van der Waals surface area contributed by atoms with Gasteiger partial charge in [0, 0.05) is 12.1 Å². The van der Waals surface area contributed by atoms with Crippen molar-refractivity contribution in [3.05, 3.63) is 52.4 Å². The second kappa shape index (κ2) is 5.16. The van der Waals surface area contributed by atoms with E-state index >= 15 is 0 Å². The average Bonchev–Trinajstić information content (AvgIpc) is 2.74. The van der Waals surface area contributed by atoms with Crippen molar-refractivity contribution in [1.82, 2.24) is 0 Å². The zero-order valence-electron chi connectivity index (χ0n) is 10.3. The van der Waals surface area contributed by atoms with Gasteiger partial charge in [0.2, 0.25) is 0 Å². The molecule has 0 N–H and O–H groups in total. The number of hydrogen-bond acceptors (Lipinski definition) is 3. The molecule has 0 saturated heterocycles. The molecule has 0 aliphatic heterocycles. The molecular weight excluding hydrogens is 248 g/mol. The summed E-state index contributed by atoms with van der Waals surface area (Å²) in [5.41, 5.74) is 1.41. The number of aryl methyl sites for hydroxylation is 1. The molecule has 0 aliphatic rings. The maximum absolute atomic E-state index is 9.10. The molecule has 0 aliphatic carbocycles. The van der Waals surface area contributed by atoms with Crippen LogP contribution >= 0.6 is 11.6 Å². The third-order valence-corrected chi connectivity index (χ3v) is 2.91. The molecular formula is C14H13ClN2O. The number of nitriles is 1. The molecule has 0 atom stereocenters. The van der Waals surface area contributed by atoms with Crippen LogP contribution in [0.4, 0.5) is 5.69 Å². The molecule has 0 fully saturated rings. The van der Waals surface area contributed by atoms with E-state index in [9.17, 15) is 0 Å². The standard InChI is InChI=1S/C14H13ClN2O/c1-10-3-5-13(18-10)9-17(2)14-6-4-12(15)7-11(14)8-16/h3-7H,9H2,1-2H3. The SMILES string of the molecule is Cc1ccc(CN(C)c2ccc(Cl)cc2C#N)o1. The molecule has 0 unspecified atom stereocenters. The van der Waals surface area contributed by atoms with Crippen LogP contribution in [0.1, 0.15) is 17.1 Å². The molecule has 4 heteroatoms. The van der Waals surface area contributed by atoms with Crippen LogP contribution in [0.5, 0.6) is 0 Å². The average molecular weight is 261 g/mol. The van der Waals surface area contributed by atoms with Gasteiger partial charge in [0.15, 0.2) is 0 Å². The van der Waals surface area contributed by atoms with Crippen molar-refractivity contribution in [3.8, 4) is 6.07 Å². The van der Waals surface area contributed by atoms with Gasteiger partial charge in [-0.3, -0.25) is 0 Å². The molecule has 3 nitrogen and oxygen atoms in total. The predicted octanol–water partition coefficient (Wildman–Crippen LogP) is 3.75. The first-order valence-corrected chi connectivity index (χ1v) is 5.94. The minimum absolute atomic E-state index is 0.563. The van der Waals surface area contributed by atoms with Crippen molar-refractivity contribution in [2.24, 2.45) is 0 Å².